The van der Waals surface area contributed by atoms with Gasteiger partial charge in [-0.15, -0.1) is 0 Å². The summed E-state index contributed by atoms with van der Waals surface area (Å²) in [5.41, 5.74) is -0.105. The molecule has 0 fully saturated rings. The van der Waals surface area contributed by atoms with E-state index in [4.69, 9.17) is 4.74 Å². The van der Waals surface area contributed by atoms with Crippen molar-refractivity contribution >= 4 is 38.7 Å². The van der Waals surface area contributed by atoms with Gasteiger partial charge in [0, 0.05) is 15.5 Å². The van der Waals surface area contributed by atoms with E-state index in [2.05, 4.69) is 59.4 Å². The lowest BCUT2D eigenvalue weighted by atomic mass is 9.84. The van der Waals surface area contributed by atoms with Crippen molar-refractivity contribution in [3.05, 3.63) is 0 Å². The van der Waals surface area contributed by atoms with Crippen LogP contribution < -0.4 is 0 Å². The molecule has 0 N–H and O–H groups in total. The number of halogens is 1. The van der Waals surface area contributed by atoms with Crippen molar-refractivity contribution in [1.82, 2.24) is 0 Å². The number of alkyl halides is 1. The SMILES string of the molecule is CC(C)(I)CCOC(C)(C)[B]P. The lowest BCUT2D eigenvalue weighted by Crippen LogP contribution is -2.30. The van der Waals surface area contributed by atoms with Crippen LogP contribution in [0.25, 0.3) is 0 Å². The molecule has 4 heteroatoms. The van der Waals surface area contributed by atoms with Gasteiger partial charge in [0.1, 0.15) is 0 Å². The molecule has 0 aromatic rings. The van der Waals surface area contributed by atoms with Crippen molar-refractivity contribution in [2.24, 2.45) is 0 Å². The summed E-state index contributed by atoms with van der Waals surface area (Å²) < 4.78 is 6.02. The van der Waals surface area contributed by atoms with E-state index in [1.54, 1.807) is 0 Å². The van der Waals surface area contributed by atoms with Gasteiger partial charge in [-0.2, -0.15) is 9.12 Å². The van der Waals surface area contributed by atoms with E-state index in [0.29, 0.717) is 3.42 Å². The van der Waals surface area contributed by atoms with E-state index in [1.165, 1.54) is 0 Å². The topological polar surface area (TPSA) is 9.23 Å². The van der Waals surface area contributed by atoms with Crippen LogP contribution in [0.15, 0.2) is 0 Å². The molecule has 0 aromatic carbocycles. The van der Waals surface area contributed by atoms with E-state index in [1.807, 2.05) is 7.00 Å². The minimum Gasteiger partial charge on any atom is -0.384 e. The van der Waals surface area contributed by atoms with Gasteiger partial charge in [-0.05, 0) is 20.3 Å². The highest BCUT2D eigenvalue weighted by molar-refractivity contribution is 14.1. The summed E-state index contributed by atoms with van der Waals surface area (Å²) in [5.74, 6) is 0. The molecule has 0 amide bonds. The van der Waals surface area contributed by atoms with Crippen molar-refractivity contribution in [2.45, 2.75) is 43.0 Å². The number of rotatable bonds is 5. The summed E-state index contributed by atoms with van der Waals surface area (Å²) in [7, 11) is 2.60. The van der Waals surface area contributed by atoms with E-state index < -0.39 is 0 Å². The average molecular weight is 299 g/mol. The van der Waals surface area contributed by atoms with Crippen molar-refractivity contribution in [3.63, 3.8) is 0 Å². The molecule has 0 spiro atoms. The highest BCUT2D eigenvalue weighted by atomic mass is 127. The molecule has 0 aliphatic rings. The molecule has 12 heavy (non-hydrogen) atoms. The molecule has 0 saturated heterocycles. The fourth-order valence-corrected chi connectivity index (χ4v) is 0.921. The summed E-state index contributed by atoms with van der Waals surface area (Å²) in [4.78, 5) is 0. The molecule has 1 radical (unpaired) electrons. The lowest BCUT2D eigenvalue weighted by Gasteiger charge is -2.25. The van der Waals surface area contributed by atoms with Crippen LogP contribution in [0.2, 0.25) is 0 Å². The molecular formula is C8H18BIOP. The molecule has 1 unspecified atom stereocenters. The Kier molecular flexibility index (Phi) is 5.67. The molecule has 0 aliphatic carbocycles. The molecule has 71 valence electrons. The van der Waals surface area contributed by atoms with Crippen LogP contribution in [0.3, 0.4) is 0 Å². The minimum atomic E-state index is -0.105. The standard InChI is InChI=1S/C8H18BIOP/c1-7(2,10)5-6-11-8(3,4)9-12/h5-6,12H2,1-4H3. The van der Waals surface area contributed by atoms with Gasteiger partial charge < -0.3 is 4.74 Å². The van der Waals surface area contributed by atoms with Crippen molar-refractivity contribution in [1.29, 1.82) is 0 Å². The smallest absolute Gasteiger partial charge is 0.180 e. The van der Waals surface area contributed by atoms with Gasteiger partial charge in [0.25, 0.3) is 0 Å². The Balaban J connectivity index is 3.57. The van der Waals surface area contributed by atoms with Crippen LogP contribution in [-0.2, 0) is 4.74 Å². The first-order chi connectivity index (χ1) is 5.27. The van der Waals surface area contributed by atoms with E-state index in [9.17, 15) is 0 Å². The second-order valence-corrected chi connectivity index (χ2v) is 7.34. The molecule has 0 saturated carbocycles. The van der Waals surface area contributed by atoms with Crippen molar-refractivity contribution in [3.8, 4) is 0 Å². The summed E-state index contributed by atoms with van der Waals surface area (Å²) in [5, 5.41) is 0. The van der Waals surface area contributed by atoms with E-state index >= 15 is 0 Å². The first-order valence-electron chi connectivity index (χ1n) is 4.16. The van der Waals surface area contributed by atoms with Gasteiger partial charge in [-0.3, -0.25) is 0 Å². The van der Waals surface area contributed by atoms with Gasteiger partial charge in [0.05, 0.1) is 0 Å². The molecule has 0 rings (SSSR count). The average Bonchev–Trinajstić information content (AvgIpc) is 1.84. The Labute approximate surface area is 92.9 Å². The first-order valence-corrected chi connectivity index (χ1v) is 5.90. The normalized spacial score (nSPS) is 13.2. The number of hydrogen-bond donors (Lipinski definition) is 0. The molecule has 0 aliphatic heterocycles. The molecule has 0 bridgehead atoms. The first kappa shape index (κ1) is 13.2. The van der Waals surface area contributed by atoms with Gasteiger partial charge >= 0.3 is 0 Å². The van der Waals surface area contributed by atoms with E-state index in [0.717, 1.165) is 13.0 Å². The highest BCUT2D eigenvalue weighted by Gasteiger charge is 2.18. The van der Waals surface area contributed by atoms with Gasteiger partial charge in [-0.25, -0.2) is 0 Å². The van der Waals surface area contributed by atoms with Gasteiger partial charge in [0.15, 0.2) is 7.00 Å². The molecule has 0 aromatic heterocycles. The van der Waals surface area contributed by atoms with Crippen LogP contribution in [0.5, 0.6) is 0 Å². The van der Waals surface area contributed by atoms with Crippen molar-refractivity contribution < 1.29 is 4.74 Å². The fraction of sp³-hybridized carbons (Fsp3) is 1.00. The molecule has 1 nitrogen and oxygen atoms in total. The predicted molar refractivity (Wildman–Crippen MR) is 68.2 cm³/mol. The number of hydrogen-bond acceptors (Lipinski definition) is 1. The number of ether oxygens (including phenoxy) is 1. The van der Waals surface area contributed by atoms with Gasteiger partial charge in [-0.1, -0.05) is 36.4 Å². The zero-order valence-corrected chi connectivity index (χ0v) is 11.7. The zero-order valence-electron chi connectivity index (χ0n) is 8.36. The zero-order chi connectivity index (χ0) is 9.83. The maximum absolute atomic E-state index is 5.67. The van der Waals surface area contributed by atoms with Crippen LogP contribution in [0.4, 0.5) is 0 Å². The summed E-state index contributed by atoms with van der Waals surface area (Å²) in [6, 6.07) is 0. The maximum atomic E-state index is 5.67. The monoisotopic (exact) mass is 299 g/mol. The van der Waals surface area contributed by atoms with Crippen LogP contribution >= 0.6 is 31.7 Å². The third-order valence-corrected chi connectivity index (χ3v) is 2.91. The molecule has 1 atom stereocenters. The summed E-state index contributed by atoms with van der Waals surface area (Å²) in [6.45, 7) is 11.4. The van der Waals surface area contributed by atoms with E-state index in [-0.39, 0.29) is 5.50 Å². The fourth-order valence-electron chi connectivity index (χ4n) is 0.605. The largest absolute Gasteiger partial charge is 0.384 e. The van der Waals surface area contributed by atoms with Gasteiger partial charge in [0.2, 0.25) is 0 Å². The Bertz CT molecular complexity index is 134. The Morgan fingerprint density at radius 2 is 1.83 bits per heavy atom. The Hall–Kier alpha value is 1.18. The lowest BCUT2D eigenvalue weighted by molar-refractivity contribution is 0.0410. The highest BCUT2D eigenvalue weighted by Crippen LogP contribution is 2.22. The maximum Gasteiger partial charge on any atom is 0.180 e. The van der Waals surface area contributed by atoms with Crippen LogP contribution in [0.1, 0.15) is 34.1 Å². The third-order valence-electron chi connectivity index (χ3n) is 1.57. The van der Waals surface area contributed by atoms with Crippen molar-refractivity contribution in [2.75, 3.05) is 6.61 Å². The minimum absolute atomic E-state index is 0.105. The quantitative estimate of drug-likeness (QED) is 0.328. The second-order valence-electron chi connectivity index (χ2n) is 4.09. The third kappa shape index (κ3) is 7.81. The second kappa shape index (κ2) is 5.16. The Morgan fingerprint density at radius 1 is 1.33 bits per heavy atom. The molecule has 0 heterocycles. The predicted octanol–water partition coefficient (Wildman–Crippen LogP) is 2.84. The van der Waals surface area contributed by atoms with Crippen LogP contribution in [0, 0.1) is 0 Å². The summed E-state index contributed by atoms with van der Waals surface area (Å²) in [6.07, 6.45) is 1.09. The summed E-state index contributed by atoms with van der Waals surface area (Å²) >= 11 is 2.44. The van der Waals surface area contributed by atoms with Crippen LogP contribution in [-0.4, -0.2) is 22.5 Å². The Morgan fingerprint density at radius 3 is 2.17 bits per heavy atom. The molecular weight excluding hydrogens is 281 g/mol.